The summed E-state index contributed by atoms with van der Waals surface area (Å²) < 4.78 is 0. The monoisotopic (exact) mass is 320 g/mol. The van der Waals surface area contributed by atoms with Gasteiger partial charge < -0.3 is 10.0 Å². The molecule has 0 spiro atoms. The van der Waals surface area contributed by atoms with Crippen LogP contribution in [-0.4, -0.2) is 39.9 Å². The summed E-state index contributed by atoms with van der Waals surface area (Å²) in [5, 5.41) is 20.2. The van der Waals surface area contributed by atoms with E-state index in [0.717, 1.165) is 0 Å². The number of hydrogen-bond donors (Lipinski definition) is 1. The van der Waals surface area contributed by atoms with Gasteiger partial charge in [-0.25, -0.2) is 0 Å². The fraction of sp³-hybridized carbons (Fsp3) is 0.500. The first kappa shape index (κ1) is 16.9. The number of hydrogen-bond acceptors (Lipinski definition) is 4. The first-order valence-corrected chi connectivity index (χ1v) is 7.64. The van der Waals surface area contributed by atoms with E-state index in [0.29, 0.717) is 31.5 Å². The van der Waals surface area contributed by atoms with Gasteiger partial charge in [0, 0.05) is 30.3 Å². The maximum atomic E-state index is 12.6. The van der Waals surface area contributed by atoms with Crippen LogP contribution >= 0.6 is 0 Å². The maximum absolute atomic E-state index is 12.6. The van der Waals surface area contributed by atoms with Crippen molar-refractivity contribution in [2.75, 3.05) is 13.1 Å². The lowest BCUT2D eigenvalue weighted by Crippen LogP contribution is -2.45. The lowest BCUT2D eigenvalue weighted by atomic mass is 9.87. The van der Waals surface area contributed by atoms with Gasteiger partial charge in [-0.1, -0.05) is 19.9 Å². The van der Waals surface area contributed by atoms with Gasteiger partial charge in [-0.15, -0.1) is 0 Å². The second-order valence-electron chi connectivity index (χ2n) is 5.92. The number of carbonyl (C=O) groups excluding carboxylic acids is 1. The van der Waals surface area contributed by atoms with Crippen LogP contribution in [0.15, 0.2) is 18.2 Å². The molecule has 1 N–H and O–H groups in total. The lowest BCUT2D eigenvalue weighted by Gasteiger charge is -2.35. The van der Waals surface area contributed by atoms with Crippen molar-refractivity contribution < 1.29 is 19.6 Å². The van der Waals surface area contributed by atoms with E-state index in [4.69, 9.17) is 5.11 Å². The average Bonchev–Trinajstić information content (AvgIpc) is 2.52. The highest BCUT2D eigenvalue weighted by atomic mass is 16.6. The molecule has 1 heterocycles. The summed E-state index contributed by atoms with van der Waals surface area (Å²) >= 11 is 0. The minimum atomic E-state index is -0.840. The van der Waals surface area contributed by atoms with Crippen LogP contribution in [0, 0.1) is 22.0 Å². The second-order valence-corrected chi connectivity index (χ2v) is 5.92. The molecular formula is C16H20N2O5. The number of likely N-dealkylation sites (tertiary alicyclic amines) is 1. The molecule has 1 aromatic rings. The topological polar surface area (TPSA) is 101 Å². The van der Waals surface area contributed by atoms with E-state index in [1.165, 1.54) is 6.07 Å². The van der Waals surface area contributed by atoms with Crippen molar-refractivity contribution in [2.24, 2.45) is 11.8 Å². The van der Waals surface area contributed by atoms with Gasteiger partial charge in [0.2, 0.25) is 0 Å². The molecule has 7 heteroatoms. The molecule has 124 valence electrons. The van der Waals surface area contributed by atoms with E-state index >= 15 is 0 Å². The molecule has 0 saturated carbocycles. The molecule has 1 aliphatic heterocycles. The zero-order chi connectivity index (χ0) is 17.1. The standard InChI is InChI=1S/C16H20N2O5/c1-3-11-4-5-12(8-14(11)18(22)23)15(19)17-7-6-13(16(20)21)10(2)9-17/h4-5,8,10,13H,3,6-7,9H2,1-2H3,(H,20,21). The van der Waals surface area contributed by atoms with Crippen molar-refractivity contribution in [2.45, 2.75) is 26.7 Å². The normalized spacial score (nSPS) is 21.0. The number of carboxylic acids is 1. The molecule has 23 heavy (non-hydrogen) atoms. The SMILES string of the molecule is CCc1ccc(C(=O)N2CCC(C(=O)O)C(C)C2)cc1[N+](=O)[O-]. The Hall–Kier alpha value is -2.44. The Morgan fingerprint density at radius 1 is 1.43 bits per heavy atom. The maximum Gasteiger partial charge on any atom is 0.306 e. The number of piperidine rings is 1. The van der Waals surface area contributed by atoms with Gasteiger partial charge >= 0.3 is 5.97 Å². The Bertz CT molecular complexity index is 643. The van der Waals surface area contributed by atoms with Gasteiger partial charge in [-0.05, 0) is 24.8 Å². The van der Waals surface area contributed by atoms with Gasteiger partial charge in [-0.2, -0.15) is 0 Å². The van der Waals surface area contributed by atoms with Crippen molar-refractivity contribution >= 4 is 17.6 Å². The van der Waals surface area contributed by atoms with Gasteiger partial charge in [0.25, 0.3) is 11.6 Å². The molecule has 1 fully saturated rings. The van der Waals surface area contributed by atoms with E-state index in [1.54, 1.807) is 24.0 Å². The summed E-state index contributed by atoms with van der Waals surface area (Å²) in [4.78, 5) is 35.9. The van der Waals surface area contributed by atoms with Gasteiger partial charge in [0.15, 0.2) is 0 Å². The second kappa shape index (κ2) is 6.76. The Morgan fingerprint density at radius 2 is 2.13 bits per heavy atom. The number of nitrogens with zero attached hydrogens (tertiary/aromatic N) is 2. The van der Waals surface area contributed by atoms with Crippen molar-refractivity contribution in [3.63, 3.8) is 0 Å². The highest BCUT2D eigenvalue weighted by molar-refractivity contribution is 5.95. The Labute approximate surface area is 134 Å². The third kappa shape index (κ3) is 3.49. The predicted octanol–water partition coefficient (Wildman–Crippen LogP) is 2.34. The van der Waals surface area contributed by atoms with Crippen LogP contribution in [0.5, 0.6) is 0 Å². The molecule has 2 unspecified atom stereocenters. The molecule has 0 aromatic heterocycles. The van der Waals surface area contributed by atoms with Crippen LogP contribution in [-0.2, 0) is 11.2 Å². The molecule has 1 amide bonds. The summed E-state index contributed by atoms with van der Waals surface area (Å²) in [6, 6.07) is 4.52. The lowest BCUT2D eigenvalue weighted by molar-refractivity contribution is -0.385. The highest BCUT2D eigenvalue weighted by Gasteiger charge is 2.33. The molecule has 7 nitrogen and oxygen atoms in total. The smallest absolute Gasteiger partial charge is 0.306 e. The van der Waals surface area contributed by atoms with Crippen LogP contribution in [0.2, 0.25) is 0 Å². The van der Waals surface area contributed by atoms with E-state index in [1.807, 2.05) is 6.92 Å². The van der Waals surface area contributed by atoms with Crippen LogP contribution < -0.4 is 0 Å². The first-order valence-electron chi connectivity index (χ1n) is 7.64. The molecule has 1 saturated heterocycles. The van der Waals surface area contributed by atoms with E-state index in [-0.39, 0.29) is 23.1 Å². The van der Waals surface area contributed by atoms with E-state index < -0.39 is 16.8 Å². The quantitative estimate of drug-likeness (QED) is 0.678. The fourth-order valence-electron chi connectivity index (χ4n) is 3.05. The molecule has 0 aliphatic carbocycles. The van der Waals surface area contributed by atoms with E-state index in [9.17, 15) is 19.7 Å². The van der Waals surface area contributed by atoms with Crippen molar-refractivity contribution in [3.8, 4) is 0 Å². The van der Waals surface area contributed by atoms with Crippen molar-refractivity contribution in [1.29, 1.82) is 0 Å². The van der Waals surface area contributed by atoms with Crippen molar-refractivity contribution in [1.82, 2.24) is 4.90 Å². The zero-order valence-corrected chi connectivity index (χ0v) is 13.2. The Balaban J connectivity index is 2.20. The third-order valence-corrected chi connectivity index (χ3v) is 4.42. The van der Waals surface area contributed by atoms with Crippen LogP contribution in [0.4, 0.5) is 5.69 Å². The molecule has 2 rings (SSSR count). The number of nitro groups is 1. The summed E-state index contributed by atoms with van der Waals surface area (Å²) in [7, 11) is 0. The van der Waals surface area contributed by atoms with Gasteiger partial charge in [-0.3, -0.25) is 19.7 Å². The number of aliphatic carboxylic acids is 1. The molecule has 0 radical (unpaired) electrons. The molecule has 1 aliphatic rings. The van der Waals surface area contributed by atoms with Gasteiger partial charge in [0.1, 0.15) is 0 Å². The number of amides is 1. The molecular weight excluding hydrogens is 300 g/mol. The number of rotatable bonds is 4. The van der Waals surface area contributed by atoms with E-state index in [2.05, 4.69) is 0 Å². The van der Waals surface area contributed by atoms with Crippen LogP contribution in [0.1, 0.15) is 36.2 Å². The average molecular weight is 320 g/mol. The molecule has 1 aromatic carbocycles. The Morgan fingerprint density at radius 3 is 2.65 bits per heavy atom. The summed E-state index contributed by atoms with van der Waals surface area (Å²) in [6.07, 6.45) is 0.920. The minimum Gasteiger partial charge on any atom is -0.481 e. The minimum absolute atomic E-state index is 0.0492. The number of nitro benzene ring substituents is 1. The molecule has 0 bridgehead atoms. The summed E-state index contributed by atoms with van der Waals surface area (Å²) in [6.45, 7) is 4.33. The number of benzene rings is 1. The van der Waals surface area contributed by atoms with Crippen molar-refractivity contribution in [3.05, 3.63) is 39.4 Å². The Kier molecular flexibility index (Phi) is 4.98. The molecule has 2 atom stereocenters. The van der Waals surface area contributed by atoms with Crippen LogP contribution in [0.3, 0.4) is 0 Å². The highest BCUT2D eigenvalue weighted by Crippen LogP contribution is 2.26. The summed E-state index contributed by atoms with van der Waals surface area (Å²) in [5.41, 5.74) is 0.811. The van der Waals surface area contributed by atoms with Crippen LogP contribution in [0.25, 0.3) is 0 Å². The van der Waals surface area contributed by atoms with Gasteiger partial charge in [0.05, 0.1) is 10.8 Å². The fourth-order valence-corrected chi connectivity index (χ4v) is 3.05. The number of carbonyl (C=O) groups is 2. The predicted molar refractivity (Wildman–Crippen MR) is 83.3 cm³/mol. The first-order chi connectivity index (χ1) is 10.8. The zero-order valence-electron chi connectivity index (χ0n) is 13.2. The summed E-state index contributed by atoms with van der Waals surface area (Å²) in [5.74, 6) is -1.72. The number of carboxylic acid groups (broad SMARTS) is 1. The number of aryl methyl sites for hydroxylation is 1. The largest absolute Gasteiger partial charge is 0.481 e. The third-order valence-electron chi connectivity index (χ3n) is 4.42.